The van der Waals surface area contributed by atoms with Crippen molar-refractivity contribution in [2.75, 3.05) is 36.9 Å². The van der Waals surface area contributed by atoms with Gasteiger partial charge in [-0.3, -0.25) is 9.59 Å². The van der Waals surface area contributed by atoms with Gasteiger partial charge in [-0.05, 0) is 81.9 Å². The number of aromatic amines is 1. The molecule has 2 aromatic heterocycles. The summed E-state index contributed by atoms with van der Waals surface area (Å²) in [6.07, 6.45) is 6.12. The number of aromatic nitrogens is 2. The first kappa shape index (κ1) is 20.6. The zero-order valence-electron chi connectivity index (χ0n) is 18.1. The van der Waals surface area contributed by atoms with Gasteiger partial charge < -0.3 is 20.1 Å². The Morgan fingerprint density at radius 3 is 2.77 bits per heavy atom. The molecule has 0 spiro atoms. The lowest BCUT2D eigenvalue weighted by Crippen LogP contribution is -2.38. The minimum atomic E-state index is -0.115. The molecule has 7 nitrogen and oxygen atoms in total. The van der Waals surface area contributed by atoms with Gasteiger partial charge in [0.05, 0.1) is 5.92 Å². The van der Waals surface area contributed by atoms with Crippen molar-refractivity contribution in [2.24, 2.45) is 5.92 Å². The van der Waals surface area contributed by atoms with Crippen LogP contribution in [0.4, 0.5) is 11.6 Å². The number of amides is 1. The van der Waals surface area contributed by atoms with Gasteiger partial charge in [0.2, 0.25) is 11.5 Å². The number of nitrogens with zero attached hydrogens (tertiary/aromatic N) is 3. The predicted molar refractivity (Wildman–Crippen MR) is 120 cm³/mol. The van der Waals surface area contributed by atoms with Crippen LogP contribution in [0.15, 0.2) is 29.2 Å². The molecule has 2 fully saturated rings. The third kappa shape index (κ3) is 4.41. The number of aryl methyl sites for hydroxylation is 1. The highest BCUT2D eigenvalue weighted by Gasteiger charge is 2.26. The van der Waals surface area contributed by atoms with Crippen molar-refractivity contribution in [3.63, 3.8) is 0 Å². The van der Waals surface area contributed by atoms with Gasteiger partial charge in [0.15, 0.2) is 0 Å². The summed E-state index contributed by atoms with van der Waals surface area (Å²) in [6.45, 7) is 6.85. The van der Waals surface area contributed by atoms with E-state index in [1.54, 1.807) is 12.3 Å². The number of H-pyrrole nitrogens is 1. The molecule has 0 aliphatic carbocycles. The number of nitrogens with one attached hydrogen (secondary N) is 2. The van der Waals surface area contributed by atoms with Crippen LogP contribution in [0.5, 0.6) is 0 Å². The summed E-state index contributed by atoms with van der Waals surface area (Å²) in [5.41, 5.74) is 2.62. The number of likely N-dealkylation sites (tertiary alicyclic amines) is 1. The minimum Gasteiger partial charge on any atom is -0.355 e. The first-order valence-corrected chi connectivity index (χ1v) is 10.9. The summed E-state index contributed by atoms with van der Waals surface area (Å²) in [6, 6.07) is 5.95. The molecule has 2 aromatic rings. The van der Waals surface area contributed by atoms with Gasteiger partial charge in [-0.25, -0.2) is 4.98 Å². The summed E-state index contributed by atoms with van der Waals surface area (Å²) in [7, 11) is 2.03. The van der Waals surface area contributed by atoms with Crippen LogP contribution in [0.2, 0.25) is 0 Å². The molecule has 2 N–H and O–H groups in total. The Hall–Kier alpha value is -2.67. The Bertz CT molecular complexity index is 986. The number of hydrogen-bond donors (Lipinski definition) is 2. The SMILES string of the molecule is Cc1cnc(NC(=O)[C@H]2CCN(C)C2)cc1-c1cc(N2CCCC[C@@H]2C)[nH]c(=O)c1. The van der Waals surface area contributed by atoms with Crippen molar-refractivity contribution in [2.45, 2.75) is 45.6 Å². The molecular weight excluding hydrogens is 378 g/mol. The van der Waals surface area contributed by atoms with Gasteiger partial charge in [0.25, 0.3) is 0 Å². The van der Waals surface area contributed by atoms with Gasteiger partial charge in [0, 0.05) is 31.4 Å². The maximum Gasteiger partial charge on any atom is 0.250 e. The van der Waals surface area contributed by atoms with E-state index in [2.05, 4.69) is 32.0 Å². The average Bonchev–Trinajstić information content (AvgIpc) is 3.16. The van der Waals surface area contributed by atoms with E-state index >= 15 is 0 Å². The first-order chi connectivity index (χ1) is 14.4. The summed E-state index contributed by atoms with van der Waals surface area (Å²) >= 11 is 0. The van der Waals surface area contributed by atoms with Gasteiger partial charge in [-0.2, -0.15) is 0 Å². The van der Waals surface area contributed by atoms with E-state index in [9.17, 15) is 9.59 Å². The second-order valence-electron chi connectivity index (χ2n) is 8.78. The van der Waals surface area contributed by atoms with E-state index < -0.39 is 0 Å². The van der Waals surface area contributed by atoms with Crippen LogP contribution >= 0.6 is 0 Å². The summed E-state index contributed by atoms with van der Waals surface area (Å²) in [4.78, 5) is 36.9. The van der Waals surface area contributed by atoms with Gasteiger partial charge in [0.1, 0.15) is 11.6 Å². The molecule has 0 saturated carbocycles. The monoisotopic (exact) mass is 409 g/mol. The molecule has 160 valence electrons. The Morgan fingerprint density at radius 2 is 2.03 bits per heavy atom. The van der Waals surface area contributed by atoms with E-state index in [1.807, 2.05) is 26.1 Å². The van der Waals surface area contributed by atoms with Gasteiger partial charge >= 0.3 is 0 Å². The molecule has 4 rings (SSSR count). The summed E-state index contributed by atoms with van der Waals surface area (Å²) < 4.78 is 0. The number of piperidine rings is 1. The second-order valence-corrected chi connectivity index (χ2v) is 8.78. The van der Waals surface area contributed by atoms with Crippen molar-refractivity contribution in [3.8, 4) is 11.1 Å². The van der Waals surface area contributed by atoms with E-state index in [1.165, 1.54) is 6.42 Å². The Morgan fingerprint density at radius 1 is 1.20 bits per heavy atom. The van der Waals surface area contributed by atoms with Crippen molar-refractivity contribution in [1.82, 2.24) is 14.9 Å². The van der Waals surface area contributed by atoms with Crippen LogP contribution in [0.3, 0.4) is 0 Å². The van der Waals surface area contributed by atoms with Crippen LogP contribution in [0.1, 0.15) is 38.2 Å². The number of carbonyl (C=O) groups excluding carboxylic acids is 1. The molecule has 0 aromatic carbocycles. The fraction of sp³-hybridized carbons (Fsp3) is 0.522. The number of rotatable bonds is 4. The van der Waals surface area contributed by atoms with Crippen LogP contribution in [0, 0.1) is 12.8 Å². The highest BCUT2D eigenvalue weighted by molar-refractivity contribution is 5.92. The van der Waals surface area contributed by atoms with Crippen molar-refractivity contribution in [3.05, 3.63) is 40.3 Å². The highest BCUT2D eigenvalue weighted by atomic mass is 16.2. The number of anilines is 2. The van der Waals surface area contributed by atoms with Crippen molar-refractivity contribution in [1.29, 1.82) is 0 Å². The first-order valence-electron chi connectivity index (χ1n) is 10.9. The van der Waals surface area contributed by atoms with Crippen molar-refractivity contribution >= 4 is 17.5 Å². The molecule has 7 heteroatoms. The van der Waals surface area contributed by atoms with Gasteiger partial charge in [-0.1, -0.05) is 0 Å². The normalized spacial score (nSPS) is 22.3. The van der Waals surface area contributed by atoms with E-state index in [0.717, 1.165) is 61.4 Å². The zero-order chi connectivity index (χ0) is 21.3. The van der Waals surface area contributed by atoms with E-state index in [4.69, 9.17) is 0 Å². The molecule has 2 aliphatic rings. The average molecular weight is 410 g/mol. The molecule has 2 aliphatic heterocycles. The minimum absolute atomic E-state index is 0.00619. The summed E-state index contributed by atoms with van der Waals surface area (Å²) in [5.74, 6) is 1.40. The molecule has 0 radical (unpaired) electrons. The molecule has 2 atom stereocenters. The number of carbonyl (C=O) groups is 1. The third-order valence-electron chi connectivity index (χ3n) is 6.37. The standard InChI is InChI=1S/C23H31N5O2/c1-15-13-24-20(25-23(30)17-7-9-27(3)14-17)12-19(15)18-10-21(26-22(29)11-18)28-8-5-4-6-16(28)2/h10-13,16-17H,4-9,14H2,1-3H3,(H,26,29)(H,24,25,30)/t16-,17-/m0/s1. The Labute approximate surface area is 177 Å². The van der Waals surface area contributed by atoms with E-state index in [-0.39, 0.29) is 17.4 Å². The predicted octanol–water partition coefficient (Wildman–Crippen LogP) is 3.01. The zero-order valence-corrected chi connectivity index (χ0v) is 18.1. The number of pyridine rings is 2. The topological polar surface area (TPSA) is 81.3 Å². The maximum absolute atomic E-state index is 12.6. The fourth-order valence-corrected chi connectivity index (χ4v) is 4.58. The number of hydrogen-bond acceptors (Lipinski definition) is 5. The quantitative estimate of drug-likeness (QED) is 0.811. The fourth-order valence-electron chi connectivity index (χ4n) is 4.58. The third-order valence-corrected chi connectivity index (χ3v) is 6.37. The summed E-state index contributed by atoms with van der Waals surface area (Å²) in [5, 5.41) is 2.97. The molecule has 30 heavy (non-hydrogen) atoms. The molecule has 2 saturated heterocycles. The molecule has 4 heterocycles. The molecule has 0 bridgehead atoms. The highest BCUT2D eigenvalue weighted by Crippen LogP contribution is 2.29. The van der Waals surface area contributed by atoms with E-state index in [0.29, 0.717) is 11.9 Å². The van der Waals surface area contributed by atoms with Crippen LogP contribution in [-0.4, -0.2) is 53.5 Å². The lowest BCUT2D eigenvalue weighted by atomic mass is 10.0. The Balaban J connectivity index is 1.61. The Kier molecular flexibility index (Phi) is 5.90. The molecule has 1 amide bonds. The lowest BCUT2D eigenvalue weighted by molar-refractivity contribution is -0.119. The van der Waals surface area contributed by atoms with Crippen LogP contribution < -0.4 is 15.8 Å². The van der Waals surface area contributed by atoms with Gasteiger partial charge in [-0.15, -0.1) is 0 Å². The smallest absolute Gasteiger partial charge is 0.250 e. The molecular formula is C23H31N5O2. The maximum atomic E-state index is 12.6. The largest absolute Gasteiger partial charge is 0.355 e. The van der Waals surface area contributed by atoms with Crippen molar-refractivity contribution < 1.29 is 4.79 Å². The second kappa shape index (κ2) is 8.60. The molecule has 0 unspecified atom stereocenters. The van der Waals surface area contributed by atoms with Crippen LogP contribution in [-0.2, 0) is 4.79 Å². The lowest BCUT2D eigenvalue weighted by Gasteiger charge is -2.35. The van der Waals surface area contributed by atoms with Crippen LogP contribution in [0.25, 0.3) is 11.1 Å².